The number of nitrogens with zero attached hydrogens (tertiary/aromatic N) is 4. The number of benzene rings is 3. The molecule has 7 nitrogen and oxygen atoms in total. The minimum atomic E-state index is -5.36. The van der Waals surface area contributed by atoms with E-state index in [4.69, 9.17) is 32.7 Å². The Balaban J connectivity index is 1.86. The van der Waals surface area contributed by atoms with E-state index in [-0.39, 0.29) is 13.2 Å². The van der Waals surface area contributed by atoms with Crippen molar-refractivity contribution in [3.63, 3.8) is 0 Å². The van der Waals surface area contributed by atoms with Crippen LogP contribution in [0, 0.1) is 11.3 Å². The average molecular weight is 677 g/mol. The maximum Gasteiger partial charge on any atom is 0.476 e. The van der Waals surface area contributed by atoms with E-state index < -0.39 is 73.6 Å². The lowest BCUT2D eigenvalue weighted by Gasteiger charge is -2.27. The summed E-state index contributed by atoms with van der Waals surface area (Å²) in [6.45, 7) is -1.04. The Hall–Kier alpha value is -3.61. The molecule has 0 aliphatic heterocycles. The molecule has 3 aromatic carbocycles. The van der Waals surface area contributed by atoms with Crippen molar-refractivity contribution >= 4 is 39.8 Å². The van der Waals surface area contributed by atoms with Crippen LogP contribution in [0.1, 0.15) is 22.4 Å². The van der Waals surface area contributed by atoms with E-state index >= 15 is 0 Å². The summed E-state index contributed by atoms with van der Waals surface area (Å²) in [5, 5.41) is 12.3. The highest BCUT2D eigenvalue weighted by atomic mass is 35.5. The Morgan fingerprint density at radius 3 is 1.75 bits per heavy atom. The molecule has 0 saturated heterocycles. The van der Waals surface area contributed by atoms with Crippen molar-refractivity contribution in [2.24, 2.45) is 0 Å². The zero-order valence-corrected chi connectivity index (χ0v) is 24.5. The van der Waals surface area contributed by atoms with Crippen molar-refractivity contribution in [3.8, 4) is 11.8 Å². The van der Waals surface area contributed by atoms with Crippen LogP contribution in [-0.4, -0.2) is 33.0 Å². The van der Waals surface area contributed by atoms with Gasteiger partial charge in [0.25, 0.3) is 0 Å². The second-order valence-corrected chi connectivity index (χ2v) is 11.2. The lowest BCUT2D eigenvalue weighted by atomic mass is 10.2. The SMILES string of the molecule is N#Cc1nn(-c2c(Cl)cc(C(F)(F)F)cc2Cl)c(N(COCc2ccccc2)COCc2ccccc2)c1S(=O)C(F)(F)F. The van der Waals surface area contributed by atoms with Crippen molar-refractivity contribution in [2.75, 3.05) is 18.4 Å². The largest absolute Gasteiger partial charge is 0.476 e. The highest BCUT2D eigenvalue weighted by Crippen LogP contribution is 2.42. The molecule has 0 radical (unpaired) electrons. The Labute approximate surface area is 259 Å². The fourth-order valence-electron chi connectivity index (χ4n) is 3.97. The van der Waals surface area contributed by atoms with Gasteiger partial charge in [-0.3, -0.25) is 0 Å². The molecule has 0 amide bonds. The highest BCUT2D eigenvalue weighted by Gasteiger charge is 2.44. The van der Waals surface area contributed by atoms with Crippen LogP contribution >= 0.6 is 23.2 Å². The molecule has 0 aliphatic carbocycles. The maximum absolute atomic E-state index is 13.9. The van der Waals surface area contributed by atoms with E-state index in [0.29, 0.717) is 27.9 Å². The van der Waals surface area contributed by atoms with Crippen LogP contribution in [0.25, 0.3) is 5.69 Å². The van der Waals surface area contributed by atoms with Gasteiger partial charge >= 0.3 is 11.7 Å². The van der Waals surface area contributed by atoms with Gasteiger partial charge in [0.15, 0.2) is 22.3 Å². The molecular formula is C28H20Cl2F6N4O3S. The van der Waals surface area contributed by atoms with Gasteiger partial charge in [-0.2, -0.15) is 36.7 Å². The molecule has 0 saturated carbocycles. The molecule has 1 atom stereocenters. The van der Waals surface area contributed by atoms with Crippen LogP contribution in [0.15, 0.2) is 77.7 Å². The van der Waals surface area contributed by atoms with E-state index in [1.54, 1.807) is 60.7 Å². The zero-order chi connectivity index (χ0) is 32.1. The van der Waals surface area contributed by atoms with Gasteiger partial charge in [0, 0.05) is 0 Å². The molecule has 0 aliphatic rings. The molecule has 0 fully saturated rings. The number of hydrogen-bond acceptors (Lipinski definition) is 6. The van der Waals surface area contributed by atoms with Gasteiger partial charge in [0.1, 0.15) is 30.1 Å². The number of alkyl halides is 6. The molecule has 232 valence electrons. The van der Waals surface area contributed by atoms with E-state index in [1.807, 2.05) is 0 Å². The van der Waals surface area contributed by atoms with Crippen molar-refractivity contribution in [1.82, 2.24) is 9.78 Å². The fourth-order valence-corrected chi connectivity index (χ4v) is 5.50. The third-order valence-corrected chi connectivity index (χ3v) is 7.64. The molecule has 44 heavy (non-hydrogen) atoms. The van der Waals surface area contributed by atoms with E-state index in [2.05, 4.69) is 5.10 Å². The number of anilines is 1. The van der Waals surface area contributed by atoms with Gasteiger partial charge in [-0.05, 0) is 23.3 Å². The monoisotopic (exact) mass is 676 g/mol. The summed E-state index contributed by atoms with van der Waals surface area (Å²) >= 11 is 12.4. The third kappa shape index (κ3) is 7.91. The first-order valence-corrected chi connectivity index (χ1v) is 14.3. The Morgan fingerprint density at radius 1 is 0.864 bits per heavy atom. The first kappa shape index (κ1) is 33.3. The summed E-state index contributed by atoms with van der Waals surface area (Å²) in [5.74, 6) is -0.637. The highest BCUT2D eigenvalue weighted by molar-refractivity contribution is 7.86. The minimum absolute atomic E-state index is 0.0191. The number of ether oxygens (including phenoxy) is 2. The summed E-state index contributed by atoms with van der Waals surface area (Å²) < 4.78 is 107. The lowest BCUT2D eigenvalue weighted by Crippen LogP contribution is -2.32. The van der Waals surface area contributed by atoms with Crippen LogP contribution in [0.2, 0.25) is 10.0 Å². The predicted molar refractivity (Wildman–Crippen MR) is 150 cm³/mol. The standard InChI is InChI=1S/C28H20Cl2F6N4O3S/c29-21-11-20(27(31,32)33)12-22(30)24(21)40-26(25(23(13-37)38-40)44(41)28(34,35)36)39(16-42-14-18-7-3-1-4-8-18)17-43-15-19-9-5-2-6-10-19/h1-12H,14-17H2. The molecular weight excluding hydrogens is 657 g/mol. The summed E-state index contributed by atoms with van der Waals surface area (Å²) in [6.07, 6.45) is -4.86. The number of hydrogen-bond donors (Lipinski definition) is 0. The molecule has 0 spiro atoms. The minimum Gasteiger partial charge on any atom is -0.356 e. The van der Waals surface area contributed by atoms with Gasteiger partial charge < -0.3 is 14.4 Å². The van der Waals surface area contributed by atoms with Crippen LogP contribution < -0.4 is 4.90 Å². The number of aromatic nitrogens is 2. The number of rotatable bonds is 11. The first-order chi connectivity index (χ1) is 20.8. The van der Waals surface area contributed by atoms with Gasteiger partial charge in [-0.25, -0.2) is 8.89 Å². The van der Waals surface area contributed by atoms with Crippen LogP contribution in [0.5, 0.6) is 0 Å². The molecule has 4 aromatic rings. The van der Waals surface area contributed by atoms with Crippen LogP contribution in [0.3, 0.4) is 0 Å². The third-order valence-electron chi connectivity index (χ3n) is 5.89. The Kier molecular flexibility index (Phi) is 10.6. The lowest BCUT2D eigenvalue weighted by molar-refractivity contribution is -0.137. The normalized spacial score (nSPS) is 12.6. The molecule has 0 bridgehead atoms. The van der Waals surface area contributed by atoms with Crippen LogP contribution in [0.4, 0.5) is 32.2 Å². The second kappa shape index (κ2) is 14.0. The van der Waals surface area contributed by atoms with E-state index in [1.165, 1.54) is 6.07 Å². The van der Waals surface area contributed by atoms with Crippen molar-refractivity contribution < 1.29 is 40.0 Å². The van der Waals surface area contributed by atoms with E-state index in [9.17, 15) is 35.8 Å². The molecule has 1 aromatic heterocycles. The topological polar surface area (TPSA) is 80.4 Å². The molecule has 4 rings (SSSR count). The van der Waals surface area contributed by atoms with Crippen molar-refractivity contribution in [2.45, 2.75) is 29.8 Å². The Bertz CT molecular complexity index is 1590. The summed E-state index contributed by atoms with van der Waals surface area (Å²) in [5.41, 5.74) is -6.61. The molecule has 16 heteroatoms. The molecule has 1 unspecified atom stereocenters. The number of nitriles is 1. The fraction of sp³-hybridized carbons (Fsp3) is 0.214. The predicted octanol–water partition coefficient (Wildman–Crippen LogP) is 7.85. The summed E-state index contributed by atoms with van der Waals surface area (Å²) in [6, 6.07) is 19.9. The van der Waals surface area contributed by atoms with Gasteiger partial charge in [0.2, 0.25) is 0 Å². The van der Waals surface area contributed by atoms with Crippen molar-refractivity contribution in [3.05, 3.63) is 105 Å². The van der Waals surface area contributed by atoms with Gasteiger partial charge in [-0.15, -0.1) is 0 Å². The number of halogens is 8. The first-order valence-electron chi connectivity index (χ1n) is 12.4. The molecule has 0 N–H and O–H groups in total. The maximum atomic E-state index is 13.9. The van der Waals surface area contributed by atoms with Gasteiger partial charge in [-0.1, -0.05) is 83.9 Å². The van der Waals surface area contributed by atoms with Gasteiger partial charge in [0.05, 0.1) is 28.8 Å². The summed E-state index contributed by atoms with van der Waals surface area (Å²) in [7, 11) is -3.84. The smallest absolute Gasteiger partial charge is 0.356 e. The van der Waals surface area contributed by atoms with Crippen molar-refractivity contribution in [1.29, 1.82) is 5.26 Å². The second-order valence-electron chi connectivity index (χ2n) is 8.99. The molecule has 1 heterocycles. The van der Waals surface area contributed by atoms with Crippen LogP contribution in [-0.2, 0) is 39.7 Å². The Morgan fingerprint density at radius 2 is 1.34 bits per heavy atom. The van der Waals surface area contributed by atoms with E-state index in [0.717, 1.165) is 4.90 Å². The average Bonchev–Trinajstić information content (AvgIpc) is 3.34. The quantitative estimate of drug-likeness (QED) is 0.119. The summed E-state index contributed by atoms with van der Waals surface area (Å²) in [4.78, 5) is -0.0260. The zero-order valence-electron chi connectivity index (χ0n) is 22.2.